The van der Waals surface area contributed by atoms with Crippen molar-refractivity contribution < 1.29 is 18.7 Å². The van der Waals surface area contributed by atoms with Gasteiger partial charge in [0.15, 0.2) is 0 Å². The van der Waals surface area contributed by atoms with E-state index in [-0.39, 0.29) is 5.56 Å². The fourth-order valence-electron chi connectivity index (χ4n) is 3.96. The summed E-state index contributed by atoms with van der Waals surface area (Å²) in [6, 6.07) is 18.6. The molecule has 0 atom stereocenters. The van der Waals surface area contributed by atoms with Gasteiger partial charge in [-0.05, 0) is 70.2 Å². The van der Waals surface area contributed by atoms with Crippen molar-refractivity contribution >= 4 is 34.1 Å². The molecule has 0 amide bonds. The van der Waals surface area contributed by atoms with Crippen LogP contribution in [0.5, 0.6) is 0 Å². The number of hydrogen-bond donors (Lipinski definition) is 2. The summed E-state index contributed by atoms with van der Waals surface area (Å²) in [4.78, 5) is 10.8. The monoisotopic (exact) mass is 455 g/mol. The quantitative estimate of drug-likeness (QED) is 0.268. The van der Waals surface area contributed by atoms with E-state index >= 15 is 0 Å². The Labute approximate surface area is 194 Å². The number of aromatic amines is 1. The van der Waals surface area contributed by atoms with E-state index in [1.165, 1.54) is 18.2 Å². The number of carbonyl (C=O) groups is 1. The van der Waals surface area contributed by atoms with Gasteiger partial charge in [-0.25, -0.2) is 9.18 Å². The van der Waals surface area contributed by atoms with Gasteiger partial charge in [0.2, 0.25) is 5.95 Å². The maximum absolute atomic E-state index is 14.3. The van der Waals surface area contributed by atoms with Crippen molar-refractivity contribution in [2.24, 2.45) is 0 Å². The maximum Gasteiger partial charge on any atom is 0.328 e. The van der Waals surface area contributed by atoms with E-state index in [0.29, 0.717) is 34.0 Å². The van der Waals surface area contributed by atoms with Crippen LogP contribution in [0.25, 0.3) is 28.1 Å². The molecule has 7 heteroatoms. The fourth-order valence-corrected chi connectivity index (χ4v) is 3.96. The predicted octanol–water partition coefficient (Wildman–Crippen LogP) is 6.18. The first-order chi connectivity index (χ1) is 16.4. The Morgan fingerprint density at radius 3 is 2.50 bits per heavy atom. The predicted molar refractivity (Wildman–Crippen MR) is 126 cm³/mol. The van der Waals surface area contributed by atoms with Crippen LogP contribution in [0.2, 0.25) is 0 Å². The largest absolute Gasteiger partial charge is 0.478 e. The molecule has 0 spiro atoms. The van der Waals surface area contributed by atoms with E-state index < -0.39 is 17.7 Å². The second-order valence-electron chi connectivity index (χ2n) is 7.58. The zero-order chi connectivity index (χ0) is 24.2. The standard InChI is InChI=1S/C27H19F2N3O2/c1-2-21(22-10-9-20(28)13-19(22)15-30)26(17-6-3-16(4-7-17)5-12-25(33)34)18-8-11-24-23(14-18)27(29)32-31-24/h3-14H,2H2,1H3,(H,31,32)(H,33,34). The van der Waals surface area contributed by atoms with Crippen molar-refractivity contribution in [2.45, 2.75) is 13.3 Å². The number of allylic oxidation sites excluding steroid dienone is 1. The van der Waals surface area contributed by atoms with Gasteiger partial charge < -0.3 is 5.11 Å². The minimum atomic E-state index is -1.05. The number of carboxylic acid groups (broad SMARTS) is 1. The van der Waals surface area contributed by atoms with Gasteiger partial charge in [0.1, 0.15) is 5.82 Å². The van der Waals surface area contributed by atoms with Crippen LogP contribution in [0.3, 0.4) is 0 Å². The summed E-state index contributed by atoms with van der Waals surface area (Å²) < 4.78 is 28.1. The highest BCUT2D eigenvalue weighted by atomic mass is 19.1. The molecule has 5 nitrogen and oxygen atoms in total. The first-order valence-electron chi connectivity index (χ1n) is 10.5. The molecule has 0 aliphatic carbocycles. The lowest BCUT2D eigenvalue weighted by Crippen LogP contribution is -1.98. The first-order valence-corrected chi connectivity index (χ1v) is 10.5. The van der Waals surface area contributed by atoms with Crippen LogP contribution in [-0.4, -0.2) is 21.3 Å². The lowest BCUT2D eigenvalue weighted by molar-refractivity contribution is -0.131. The fraction of sp³-hybridized carbons (Fsp3) is 0.0741. The molecule has 1 aromatic heterocycles. The number of benzene rings is 3. The molecule has 0 aliphatic heterocycles. The van der Waals surface area contributed by atoms with Crippen LogP contribution >= 0.6 is 0 Å². The first kappa shape index (κ1) is 22.6. The number of nitriles is 1. The number of H-pyrrole nitrogens is 1. The number of halogens is 2. The van der Waals surface area contributed by atoms with E-state index in [9.17, 15) is 18.8 Å². The number of aromatic nitrogens is 2. The molecule has 0 aliphatic rings. The van der Waals surface area contributed by atoms with Crippen LogP contribution in [0.1, 0.15) is 41.2 Å². The van der Waals surface area contributed by atoms with Crippen molar-refractivity contribution in [2.75, 3.05) is 0 Å². The molecule has 4 rings (SSSR count). The number of nitrogens with zero attached hydrogens (tertiary/aromatic N) is 2. The summed E-state index contributed by atoms with van der Waals surface area (Å²) in [5.74, 6) is -2.18. The van der Waals surface area contributed by atoms with Crippen LogP contribution in [0, 0.1) is 23.1 Å². The summed E-state index contributed by atoms with van der Waals surface area (Å²) in [6.07, 6.45) is 3.05. The number of rotatable bonds is 6. The second kappa shape index (κ2) is 9.51. The van der Waals surface area contributed by atoms with Crippen LogP contribution in [-0.2, 0) is 4.79 Å². The van der Waals surface area contributed by atoms with Crippen LogP contribution < -0.4 is 0 Å². The number of hydrogen-bond acceptors (Lipinski definition) is 3. The summed E-state index contributed by atoms with van der Waals surface area (Å²) in [5.41, 5.74) is 5.05. The SMILES string of the molecule is CCC(=C(c1ccc(C=CC(=O)O)cc1)c1ccc2[nH]nc(F)c2c1)c1ccc(F)cc1C#N. The van der Waals surface area contributed by atoms with E-state index in [2.05, 4.69) is 16.3 Å². The van der Waals surface area contributed by atoms with Crippen molar-refractivity contribution in [3.05, 3.63) is 106 Å². The van der Waals surface area contributed by atoms with Gasteiger partial charge in [-0.3, -0.25) is 5.10 Å². The summed E-state index contributed by atoms with van der Waals surface area (Å²) in [6.45, 7) is 1.93. The third kappa shape index (κ3) is 4.48. The molecule has 1 heterocycles. The minimum absolute atomic E-state index is 0.200. The van der Waals surface area contributed by atoms with Crippen LogP contribution in [0.4, 0.5) is 8.78 Å². The summed E-state index contributed by atoms with van der Waals surface area (Å²) in [5, 5.41) is 25.1. The Kier molecular flexibility index (Phi) is 6.33. The lowest BCUT2D eigenvalue weighted by Gasteiger charge is -2.17. The average Bonchev–Trinajstić information content (AvgIpc) is 3.21. The van der Waals surface area contributed by atoms with Gasteiger partial charge in [0.25, 0.3) is 0 Å². The van der Waals surface area contributed by atoms with Gasteiger partial charge in [0, 0.05) is 6.08 Å². The van der Waals surface area contributed by atoms with E-state index in [1.807, 2.05) is 25.1 Å². The van der Waals surface area contributed by atoms with Crippen molar-refractivity contribution in [3.8, 4) is 6.07 Å². The molecule has 3 aromatic carbocycles. The highest BCUT2D eigenvalue weighted by Crippen LogP contribution is 2.37. The highest BCUT2D eigenvalue weighted by molar-refractivity contribution is 6.01. The van der Waals surface area contributed by atoms with E-state index in [1.54, 1.807) is 30.3 Å². The summed E-state index contributed by atoms with van der Waals surface area (Å²) in [7, 11) is 0. The smallest absolute Gasteiger partial charge is 0.328 e. The molecule has 0 saturated carbocycles. The minimum Gasteiger partial charge on any atom is -0.478 e. The molecule has 168 valence electrons. The highest BCUT2D eigenvalue weighted by Gasteiger charge is 2.18. The van der Waals surface area contributed by atoms with Crippen LogP contribution in [0.15, 0.2) is 66.7 Å². The number of carboxylic acids is 1. The Hall–Kier alpha value is -4.57. The lowest BCUT2D eigenvalue weighted by atomic mass is 9.86. The van der Waals surface area contributed by atoms with Gasteiger partial charge in [0.05, 0.1) is 22.5 Å². The van der Waals surface area contributed by atoms with Gasteiger partial charge in [-0.2, -0.15) is 9.65 Å². The number of aliphatic carboxylic acids is 1. The molecule has 0 unspecified atom stereocenters. The summed E-state index contributed by atoms with van der Waals surface area (Å²) >= 11 is 0. The van der Waals surface area contributed by atoms with Gasteiger partial charge in [-0.15, -0.1) is 5.10 Å². The van der Waals surface area contributed by atoms with Gasteiger partial charge in [-0.1, -0.05) is 43.3 Å². The van der Waals surface area contributed by atoms with Gasteiger partial charge >= 0.3 is 5.97 Å². The normalized spacial score (nSPS) is 12.1. The molecule has 0 bridgehead atoms. The molecule has 4 aromatic rings. The molecule has 34 heavy (non-hydrogen) atoms. The Morgan fingerprint density at radius 1 is 1.09 bits per heavy atom. The number of nitrogens with one attached hydrogen (secondary N) is 1. The zero-order valence-corrected chi connectivity index (χ0v) is 18.1. The average molecular weight is 455 g/mol. The van der Waals surface area contributed by atoms with Crippen molar-refractivity contribution in [1.29, 1.82) is 5.26 Å². The molecule has 0 fully saturated rings. The van der Waals surface area contributed by atoms with E-state index in [4.69, 9.17) is 5.11 Å². The molecule has 0 radical (unpaired) electrons. The third-order valence-corrected chi connectivity index (χ3v) is 5.51. The Bertz CT molecular complexity index is 1490. The topological polar surface area (TPSA) is 89.8 Å². The number of fused-ring (bicyclic) bond motifs is 1. The third-order valence-electron chi connectivity index (χ3n) is 5.51. The Morgan fingerprint density at radius 2 is 1.82 bits per heavy atom. The Balaban J connectivity index is 1.98. The molecule has 0 saturated heterocycles. The molecule has 2 N–H and O–H groups in total. The maximum atomic E-state index is 14.3. The van der Waals surface area contributed by atoms with Crippen molar-refractivity contribution in [3.63, 3.8) is 0 Å². The van der Waals surface area contributed by atoms with E-state index in [0.717, 1.165) is 22.8 Å². The molecular formula is C27H19F2N3O2. The zero-order valence-electron chi connectivity index (χ0n) is 18.1. The molecular weight excluding hydrogens is 436 g/mol. The second-order valence-corrected chi connectivity index (χ2v) is 7.58. The van der Waals surface area contributed by atoms with Crippen molar-refractivity contribution in [1.82, 2.24) is 10.2 Å².